The Kier molecular flexibility index (Phi) is 5.10. The van der Waals surface area contributed by atoms with Crippen LogP contribution in [-0.4, -0.2) is 33.0 Å². The van der Waals surface area contributed by atoms with Crippen LogP contribution in [0.3, 0.4) is 0 Å². The van der Waals surface area contributed by atoms with Crippen molar-refractivity contribution >= 4 is 35.0 Å². The van der Waals surface area contributed by atoms with Crippen LogP contribution in [0.4, 0.5) is 5.69 Å². The monoisotopic (exact) mass is 382 g/mol. The van der Waals surface area contributed by atoms with E-state index in [-0.39, 0.29) is 17.6 Å². The van der Waals surface area contributed by atoms with E-state index in [2.05, 4.69) is 15.5 Å². The summed E-state index contributed by atoms with van der Waals surface area (Å²) in [5.41, 5.74) is 1.17. The van der Waals surface area contributed by atoms with E-state index in [0.717, 1.165) is 18.4 Å². The number of ether oxygens (including phenoxy) is 1. The molecule has 3 rings (SSSR count). The van der Waals surface area contributed by atoms with Gasteiger partial charge in [0, 0.05) is 17.1 Å². The lowest BCUT2D eigenvalue weighted by Gasteiger charge is -2.15. The number of nitrogens with one attached hydrogen (secondary N) is 2. The molecule has 1 aliphatic carbocycles. The number of H-pyrrole nitrogens is 1. The second kappa shape index (κ2) is 7.13. The number of carbonyl (C=O) groups is 1. The van der Waals surface area contributed by atoms with Gasteiger partial charge in [-0.2, -0.15) is 0 Å². The molecule has 134 valence electrons. The Balaban J connectivity index is 1.73. The number of nitrogens with zero attached hydrogens (tertiary/aromatic N) is 2. The average molecular weight is 383 g/mol. The third-order valence-corrected chi connectivity index (χ3v) is 5.45. The van der Waals surface area contributed by atoms with Crippen molar-refractivity contribution < 1.29 is 9.53 Å². The van der Waals surface area contributed by atoms with Crippen molar-refractivity contribution in [3.05, 3.63) is 33.2 Å². The average Bonchev–Trinajstić information content (AvgIpc) is 3.34. The Morgan fingerprint density at radius 3 is 2.88 bits per heavy atom. The first kappa shape index (κ1) is 17.9. The lowest BCUT2D eigenvalue weighted by molar-refractivity contribution is -0.115. The molecule has 0 spiro atoms. The first-order chi connectivity index (χ1) is 11.9. The van der Waals surface area contributed by atoms with Crippen LogP contribution in [-0.2, 0) is 4.79 Å². The molecular weight excluding hydrogens is 364 g/mol. The van der Waals surface area contributed by atoms with E-state index in [1.165, 1.54) is 18.9 Å². The van der Waals surface area contributed by atoms with E-state index in [4.69, 9.17) is 16.3 Å². The fourth-order valence-electron chi connectivity index (χ4n) is 2.40. The molecule has 1 atom stereocenters. The largest absolute Gasteiger partial charge is 0.495 e. The third kappa shape index (κ3) is 3.85. The summed E-state index contributed by atoms with van der Waals surface area (Å²) in [4.78, 5) is 24.4. The first-order valence-corrected chi connectivity index (χ1v) is 9.15. The van der Waals surface area contributed by atoms with E-state index in [9.17, 15) is 9.59 Å². The third-order valence-electron chi connectivity index (χ3n) is 3.97. The van der Waals surface area contributed by atoms with E-state index < -0.39 is 5.25 Å². The highest BCUT2D eigenvalue weighted by atomic mass is 35.5. The van der Waals surface area contributed by atoms with Gasteiger partial charge in [-0.05, 0) is 38.3 Å². The number of amides is 1. The number of carbonyl (C=O) groups excluding carboxylic acids is 1. The van der Waals surface area contributed by atoms with Crippen LogP contribution in [0.1, 0.15) is 31.4 Å². The number of hydrogen-bond donors (Lipinski definition) is 2. The molecule has 7 nitrogen and oxygen atoms in total. The quantitative estimate of drug-likeness (QED) is 0.749. The number of aromatic amines is 1. The van der Waals surface area contributed by atoms with Crippen molar-refractivity contribution in [3.63, 3.8) is 0 Å². The molecule has 1 amide bonds. The van der Waals surface area contributed by atoms with Crippen LogP contribution in [0, 0.1) is 6.92 Å². The maximum absolute atomic E-state index is 12.5. The van der Waals surface area contributed by atoms with Crippen molar-refractivity contribution in [2.24, 2.45) is 0 Å². The van der Waals surface area contributed by atoms with Gasteiger partial charge in [-0.25, -0.2) is 9.89 Å². The molecular formula is C16H19ClN4O3S. The summed E-state index contributed by atoms with van der Waals surface area (Å²) in [7, 11) is 1.52. The molecule has 2 aromatic rings. The molecule has 0 bridgehead atoms. The predicted octanol–water partition coefficient (Wildman–Crippen LogP) is 3.00. The highest BCUT2D eigenvalue weighted by molar-refractivity contribution is 8.00. The number of aromatic nitrogens is 3. The topological polar surface area (TPSA) is 89.0 Å². The fourth-order valence-corrected chi connectivity index (χ4v) is 3.48. The highest BCUT2D eigenvalue weighted by Gasteiger charge is 2.30. The van der Waals surface area contributed by atoms with Crippen LogP contribution < -0.4 is 15.7 Å². The Bertz CT molecular complexity index is 860. The molecule has 9 heteroatoms. The summed E-state index contributed by atoms with van der Waals surface area (Å²) in [6, 6.07) is 3.64. The lowest BCUT2D eigenvalue weighted by Crippen LogP contribution is -2.24. The molecule has 1 aromatic carbocycles. The molecule has 25 heavy (non-hydrogen) atoms. The normalized spacial score (nSPS) is 15.0. The van der Waals surface area contributed by atoms with Crippen LogP contribution in [0.2, 0.25) is 5.02 Å². The predicted molar refractivity (Wildman–Crippen MR) is 97.8 cm³/mol. The first-order valence-electron chi connectivity index (χ1n) is 7.89. The molecule has 0 saturated heterocycles. The number of hydrogen-bond acceptors (Lipinski definition) is 5. The summed E-state index contributed by atoms with van der Waals surface area (Å²) in [5, 5.41) is 10.0. The summed E-state index contributed by atoms with van der Waals surface area (Å²) < 4.78 is 6.90. The number of methoxy groups -OCH3 is 1. The minimum atomic E-state index is -0.437. The van der Waals surface area contributed by atoms with Crippen LogP contribution in [0.15, 0.2) is 22.1 Å². The molecule has 0 radical (unpaired) electrons. The zero-order valence-corrected chi connectivity index (χ0v) is 15.7. The minimum Gasteiger partial charge on any atom is -0.495 e. The Morgan fingerprint density at radius 1 is 1.52 bits per heavy atom. The van der Waals surface area contributed by atoms with Crippen molar-refractivity contribution in [3.8, 4) is 5.75 Å². The standard InChI is InChI=1S/C16H19ClN4O3S/c1-8-6-12(13(24-3)7-11(8)17)18-14(22)9(2)25-16-20-19-15(23)21(16)10-4-5-10/h6-7,9-10H,4-5H2,1-3H3,(H,18,22)(H,19,23)/t9-/m0/s1. The second-order valence-corrected chi connectivity index (χ2v) is 7.68. The van der Waals surface area contributed by atoms with Crippen LogP contribution in [0.5, 0.6) is 5.75 Å². The number of halogens is 1. The number of thioether (sulfide) groups is 1. The molecule has 1 aromatic heterocycles. The Hall–Kier alpha value is -1.93. The molecule has 1 fully saturated rings. The fraction of sp³-hybridized carbons (Fsp3) is 0.438. The summed E-state index contributed by atoms with van der Waals surface area (Å²) in [6.07, 6.45) is 1.93. The highest BCUT2D eigenvalue weighted by Crippen LogP contribution is 2.37. The smallest absolute Gasteiger partial charge is 0.344 e. The zero-order chi connectivity index (χ0) is 18.1. The van der Waals surface area contributed by atoms with E-state index in [1.54, 1.807) is 23.6 Å². The van der Waals surface area contributed by atoms with Gasteiger partial charge in [-0.15, -0.1) is 5.10 Å². The molecule has 0 aliphatic heterocycles. The van der Waals surface area contributed by atoms with Crippen LogP contribution in [0.25, 0.3) is 0 Å². The van der Waals surface area contributed by atoms with Gasteiger partial charge >= 0.3 is 5.69 Å². The van der Waals surface area contributed by atoms with Crippen molar-refractivity contribution in [2.45, 2.75) is 43.1 Å². The number of benzene rings is 1. The van der Waals surface area contributed by atoms with Gasteiger partial charge in [0.05, 0.1) is 18.0 Å². The maximum atomic E-state index is 12.5. The van der Waals surface area contributed by atoms with Crippen molar-refractivity contribution in [1.82, 2.24) is 14.8 Å². The summed E-state index contributed by atoms with van der Waals surface area (Å²) >= 11 is 7.33. The van der Waals surface area contributed by atoms with Gasteiger partial charge in [0.2, 0.25) is 5.91 Å². The SMILES string of the molecule is COc1cc(Cl)c(C)cc1NC(=O)[C@H](C)Sc1n[nH]c(=O)n1C1CC1. The summed E-state index contributed by atoms with van der Waals surface area (Å²) in [6.45, 7) is 3.62. The van der Waals surface area contributed by atoms with Crippen molar-refractivity contribution in [1.29, 1.82) is 0 Å². The molecule has 0 unspecified atom stereocenters. The van der Waals surface area contributed by atoms with Crippen LogP contribution >= 0.6 is 23.4 Å². The number of rotatable bonds is 6. The van der Waals surface area contributed by atoms with E-state index in [1.807, 2.05) is 6.92 Å². The number of aryl methyl sites for hydroxylation is 1. The minimum absolute atomic E-state index is 0.197. The molecule has 1 aliphatic rings. The lowest BCUT2D eigenvalue weighted by atomic mass is 10.2. The van der Waals surface area contributed by atoms with Gasteiger partial charge in [0.1, 0.15) is 5.75 Å². The van der Waals surface area contributed by atoms with E-state index >= 15 is 0 Å². The Morgan fingerprint density at radius 2 is 2.24 bits per heavy atom. The van der Waals surface area contributed by atoms with E-state index in [0.29, 0.717) is 21.6 Å². The van der Waals surface area contributed by atoms with Gasteiger partial charge in [-0.1, -0.05) is 23.4 Å². The molecule has 2 N–H and O–H groups in total. The number of anilines is 1. The van der Waals surface area contributed by atoms with Gasteiger partial charge < -0.3 is 10.1 Å². The Labute approximate surface area is 154 Å². The second-order valence-electron chi connectivity index (χ2n) is 5.96. The zero-order valence-electron chi connectivity index (χ0n) is 14.1. The molecule has 1 heterocycles. The van der Waals surface area contributed by atoms with Gasteiger partial charge in [0.25, 0.3) is 0 Å². The van der Waals surface area contributed by atoms with Gasteiger partial charge in [-0.3, -0.25) is 9.36 Å². The molecule has 1 saturated carbocycles. The maximum Gasteiger partial charge on any atom is 0.344 e. The van der Waals surface area contributed by atoms with Gasteiger partial charge in [0.15, 0.2) is 5.16 Å². The summed E-state index contributed by atoms with van der Waals surface area (Å²) in [5.74, 6) is 0.290. The van der Waals surface area contributed by atoms with Crippen molar-refractivity contribution in [2.75, 3.05) is 12.4 Å².